The van der Waals surface area contributed by atoms with E-state index in [0.29, 0.717) is 5.92 Å². The van der Waals surface area contributed by atoms with Crippen molar-refractivity contribution in [3.05, 3.63) is 16.1 Å². The number of aryl methyl sites for hydroxylation is 2. The molecule has 0 unspecified atom stereocenters. The zero-order chi connectivity index (χ0) is 10.5. The van der Waals surface area contributed by atoms with Gasteiger partial charge in [0.2, 0.25) is 5.78 Å². The van der Waals surface area contributed by atoms with Crippen molar-refractivity contribution in [1.82, 2.24) is 19.2 Å². The van der Waals surface area contributed by atoms with Gasteiger partial charge < -0.3 is 0 Å². The van der Waals surface area contributed by atoms with Crippen molar-refractivity contribution >= 4 is 21.7 Å². The van der Waals surface area contributed by atoms with E-state index in [1.165, 1.54) is 0 Å². The van der Waals surface area contributed by atoms with E-state index in [4.69, 9.17) is 0 Å². The minimum Gasteiger partial charge on any atom is -0.300 e. The average Bonchev–Trinajstić information content (AvgIpc) is 2.56. The second kappa shape index (κ2) is 3.08. The summed E-state index contributed by atoms with van der Waals surface area (Å²) in [6.45, 7) is 6.22. The van der Waals surface area contributed by atoms with Crippen molar-refractivity contribution in [3.63, 3.8) is 0 Å². The van der Waals surface area contributed by atoms with E-state index in [2.05, 4.69) is 39.9 Å². The van der Waals surface area contributed by atoms with Crippen molar-refractivity contribution in [2.24, 2.45) is 7.05 Å². The van der Waals surface area contributed by atoms with Crippen molar-refractivity contribution in [2.75, 3.05) is 0 Å². The summed E-state index contributed by atoms with van der Waals surface area (Å²) in [5.74, 6) is 2.35. The maximum atomic E-state index is 4.50. The number of imidazole rings is 1. The molecule has 76 valence electrons. The first-order valence-corrected chi connectivity index (χ1v) is 5.39. The molecule has 0 atom stereocenters. The quantitative estimate of drug-likeness (QED) is 0.785. The molecule has 2 rings (SSSR count). The smallest absolute Gasteiger partial charge is 0.233 e. The van der Waals surface area contributed by atoms with Crippen LogP contribution in [0.4, 0.5) is 0 Å². The standard InChI is InChI=1S/C9H13BrN4/c1-5(2)8-12-14-7(10)6(3)11-9(14)13(8)4/h5H,1-4H3. The summed E-state index contributed by atoms with van der Waals surface area (Å²) < 4.78 is 4.81. The molecule has 0 saturated carbocycles. The van der Waals surface area contributed by atoms with Gasteiger partial charge in [-0.05, 0) is 22.9 Å². The number of aromatic nitrogens is 4. The predicted octanol–water partition coefficient (Wildman–Crippen LogP) is 2.26. The fourth-order valence-corrected chi connectivity index (χ4v) is 1.89. The number of nitrogens with zero attached hydrogens (tertiary/aromatic N) is 4. The van der Waals surface area contributed by atoms with Gasteiger partial charge in [0.25, 0.3) is 0 Å². The zero-order valence-corrected chi connectivity index (χ0v) is 10.3. The predicted molar refractivity (Wildman–Crippen MR) is 58.5 cm³/mol. The minimum absolute atomic E-state index is 0.411. The van der Waals surface area contributed by atoms with E-state index in [1.807, 2.05) is 23.1 Å². The van der Waals surface area contributed by atoms with Crippen molar-refractivity contribution < 1.29 is 0 Å². The highest BCUT2D eigenvalue weighted by Crippen LogP contribution is 2.20. The Bertz CT molecular complexity index is 480. The van der Waals surface area contributed by atoms with Gasteiger partial charge in [-0.3, -0.25) is 4.57 Å². The molecule has 0 bridgehead atoms. The van der Waals surface area contributed by atoms with Crippen molar-refractivity contribution in [1.29, 1.82) is 0 Å². The van der Waals surface area contributed by atoms with Crippen LogP contribution in [-0.4, -0.2) is 19.2 Å². The number of hydrogen-bond acceptors (Lipinski definition) is 2. The van der Waals surface area contributed by atoms with Crippen LogP contribution < -0.4 is 0 Å². The maximum Gasteiger partial charge on any atom is 0.233 e. The Hall–Kier alpha value is -0.840. The third-order valence-corrected chi connectivity index (χ3v) is 3.21. The molecule has 0 aliphatic rings. The van der Waals surface area contributed by atoms with Crippen molar-refractivity contribution in [3.8, 4) is 0 Å². The van der Waals surface area contributed by atoms with Gasteiger partial charge in [-0.15, -0.1) is 0 Å². The summed E-state index contributed by atoms with van der Waals surface area (Å²) in [5.41, 5.74) is 0.971. The van der Waals surface area contributed by atoms with Gasteiger partial charge in [0.1, 0.15) is 10.4 Å². The van der Waals surface area contributed by atoms with E-state index < -0.39 is 0 Å². The molecule has 0 aliphatic heterocycles. The van der Waals surface area contributed by atoms with Crippen LogP contribution in [0.1, 0.15) is 31.3 Å². The third-order valence-electron chi connectivity index (χ3n) is 2.30. The van der Waals surface area contributed by atoms with Crippen LogP contribution in [0, 0.1) is 6.92 Å². The normalized spacial score (nSPS) is 11.9. The maximum absolute atomic E-state index is 4.50. The summed E-state index contributed by atoms with van der Waals surface area (Å²) in [6.07, 6.45) is 0. The lowest BCUT2D eigenvalue weighted by atomic mass is 10.2. The molecule has 14 heavy (non-hydrogen) atoms. The van der Waals surface area contributed by atoms with Gasteiger partial charge >= 0.3 is 0 Å². The molecule has 0 amide bonds. The Balaban J connectivity index is 2.76. The van der Waals surface area contributed by atoms with Crippen LogP contribution in [0.3, 0.4) is 0 Å². The average molecular weight is 257 g/mol. The molecule has 4 nitrogen and oxygen atoms in total. The summed E-state index contributed by atoms with van der Waals surface area (Å²) in [4.78, 5) is 4.43. The van der Waals surface area contributed by atoms with Gasteiger partial charge in [-0.2, -0.15) is 9.61 Å². The molecule has 2 heterocycles. The SMILES string of the molecule is Cc1nc2n(C)c(C(C)C)nn2c1Br. The van der Waals surface area contributed by atoms with Crippen LogP contribution in [0.5, 0.6) is 0 Å². The van der Waals surface area contributed by atoms with E-state index in [1.54, 1.807) is 0 Å². The van der Waals surface area contributed by atoms with E-state index in [0.717, 1.165) is 21.9 Å². The summed E-state index contributed by atoms with van der Waals surface area (Å²) in [5, 5.41) is 4.50. The molecule has 0 fully saturated rings. The Morgan fingerprint density at radius 2 is 2.00 bits per heavy atom. The molecule has 0 N–H and O–H groups in total. The Morgan fingerprint density at radius 3 is 2.50 bits per heavy atom. The molecule has 2 aromatic rings. The Kier molecular flexibility index (Phi) is 2.14. The highest BCUT2D eigenvalue weighted by molar-refractivity contribution is 9.10. The monoisotopic (exact) mass is 256 g/mol. The molecule has 0 aromatic carbocycles. The molecule has 0 saturated heterocycles. The number of rotatable bonds is 1. The molecule has 0 radical (unpaired) electrons. The van der Waals surface area contributed by atoms with Gasteiger partial charge in [0, 0.05) is 13.0 Å². The third kappa shape index (κ3) is 1.19. The highest BCUT2D eigenvalue weighted by Gasteiger charge is 2.15. The second-order valence-corrected chi connectivity index (χ2v) is 4.52. The minimum atomic E-state index is 0.411. The molecule has 2 aromatic heterocycles. The first kappa shape index (κ1) is 9.71. The number of halogens is 1. The molecule has 0 aliphatic carbocycles. The van der Waals surface area contributed by atoms with Crippen LogP contribution in [0.2, 0.25) is 0 Å². The van der Waals surface area contributed by atoms with E-state index in [-0.39, 0.29) is 0 Å². The Morgan fingerprint density at radius 1 is 1.36 bits per heavy atom. The second-order valence-electron chi connectivity index (χ2n) is 3.77. The largest absolute Gasteiger partial charge is 0.300 e. The molecular weight excluding hydrogens is 244 g/mol. The zero-order valence-electron chi connectivity index (χ0n) is 8.74. The number of fused-ring (bicyclic) bond motifs is 1. The van der Waals surface area contributed by atoms with Gasteiger partial charge in [0.05, 0.1) is 5.69 Å². The topological polar surface area (TPSA) is 35.1 Å². The first-order chi connectivity index (χ1) is 6.52. The fourth-order valence-electron chi connectivity index (χ4n) is 1.57. The van der Waals surface area contributed by atoms with Crippen molar-refractivity contribution in [2.45, 2.75) is 26.7 Å². The lowest BCUT2D eigenvalue weighted by molar-refractivity contribution is 0.705. The fraction of sp³-hybridized carbons (Fsp3) is 0.556. The summed E-state index contributed by atoms with van der Waals surface area (Å²) in [7, 11) is 2.00. The van der Waals surface area contributed by atoms with E-state index >= 15 is 0 Å². The summed E-state index contributed by atoms with van der Waals surface area (Å²) in [6, 6.07) is 0. The highest BCUT2D eigenvalue weighted by atomic mass is 79.9. The summed E-state index contributed by atoms with van der Waals surface area (Å²) >= 11 is 3.47. The van der Waals surface area contributed by atoms with Crippen LogP contribution in [-0.2, 0) is 7.05 Å². The molecular formula is C9H13BrN4. The van der Waals surface area contributed by atoms with E-state index in [9.17, 15) is 0 Å². The van der Waals surface area contributed by atoms with Crippen LogP contribution >= 0.6 is 15.9 Å². The lowest BCUT2D eigenvalue weighted by Crippen LogP contribution is -2.00. The van der Waals surface area contributed by atoms with Crippen LogP contribution in [0.15, 0.2) is 4.60 Å². The lowest BCUT2D eigenvalue weighted by Gasteiger charge is -2.02. The van der Waals surface area contributed by atoms with Gasteiger partial charge in [-0.1, -0.05) is 13.8 Å². The molecule has 5 heteroatoms. The van der Waals surface area contributed by atoms with Gasteiger partial charge in [-0.25, -0.2) is 4.98 Å². The Labute approximate surface area is 91.1 Å². The van der Waals surface area contributed by atoms with Gasteiger partial charge in [0.15, 0.2) is 0 Å². The molecule has 0 spiro atoms. The van der Waals surface area contributed by atoms with Crippen LogP contribution in [0.25, 0.3) is 5.78 Å². The first-order valence-electron chi connectivity index (χ1n) is 4.59. The number of hydrogen-bond donors (Lipinski definition) is 0.